The van der Waals surface area contributed by atoms with Gasteiger partial charge in [0.1, 0.15) is 0 Å². The molecule has 0 spiro atoms. The molecular weight excluding hydrogens is 290 g/mol. The van der Waals surface area contributed by atoms with Gasteiger partial charge in [0.2, 0.25) is 0 Å². The maximum absolute atomic E-state index is 11.9. The summed E-state index contributed by atoms with van der Waals surface area (Å²) in [7, 11) is 0. The molecule has 0 radical (unpaired) electrons. The number of rotatable bonds is 8. The Bertz CT molecular complexity index is 219. The molecule has 18 heavy (non-hydrogen) atoms. The van der Waals surface area contributed by atoms with Gasteiger partial charge in [0.25, 0.3) is 0 Å². The minimum Gasteiger partial charge on any atom is -1.00 e. The Morgan fingerprint density at radius 1 is 1.06 bits per heavy atom. The highest BCUT2D eigenvalue weighted by Crippen LogP contribution is 2.25. The predicted molar refractivity (Wildman–Crippen MR) is 73.7 cm³/mol. The Balaban J connectivity index is 0. The molecule has 0 aromatic rings. The number of primary amides is 1. The maximum atomic E-state index is 11.9. The smallest absolute Gasteiger partial charge is 0.313 e. The molecule has 0 aromatic carbocycles. The van der Waals surface area contributed by atoms with E-state index in [9.17, 15) is 4.79 Å². The van der Waals surface area contributed by atoms with Gasteiger partial charge in [-0.1, -0.05) is 47.5 Å². The third kappa shape index (κ3) is 8.25. The molecule has 0 saturated carbocycles. The number of amides is 1. The van der Waals surface area contributed by atoms with Crippen LogP contribution >= 0.6 is 0 Å². The average molecular weight is 322 g/mol. The number of carbonyl (C=O) groups is 1. The van der Waals surface area contributed by atoms with E-state index in [4.69, 9.17) is 0 Å². The van der Waals surface area contributed by atoms with E-state index >= 15 is 0 Å². The summed E-state index contributed by atoms with van der Waals surface area (Å²) in [4.78, 5) is 11.9. The molecule has 0 bridgehead atoms. The molecule has 3 unspecified atom stereocenters. The van der Waals surface area contributed by atoms with Crippen LogP contribution in [-0.4, -0.2) is 12.5 Å². The lowest BCUT2D eigenvalue weighted by molar-refractivity contribution is -0.572. The predicted octanol–water partition coefficient (Wildman–Crippen LogP) is -0.165. The van der Waals surface area contributed by atoms with Gasteiger partial charge in [-0.2, -0.15) is 0 Å². The second-order valence-corrected chi connectivity index (χ2v) is 5.99. The zero-order chi connectivity index (χ0) is 13.4. The van der Waals surface area contributed by atoms with Crippen molar-refractivity contribution in [1.29, 1.82) is 0 Å². The summed E-state index contributed by atoms with van der Waals surface area (Å²) >= 11 is 0. The Morgan fingerprint density at radius 2 is 1.61 bits per heavy atom. The average Bonchev–Trinajstić information content (AvgIpc) is 2.30. The summed E-state index contributed by atoms with van der Waals surface area (Å²) < 4.78 is 0. The van der Waals surface area contributed by atoms with Crippen LogP contribution in [0.3, 0.4) is 0 Å². The molecule has 0 aliphatic heterocycles. The van der Waals surface area contributed by atoms with E-state index in [1.807, 2.05) is 5.32 Å². The molecule has 1 amide bonds. The lowest BCUT2D eigenvalue weighted by Gasteiger charge is -2.24. The maximum Gasteiger partial charge on any atom is 0.313 e. The van der Waals surface area contributed by atoms with E-state index in [-0.39, 0.29) is 22.9 Å². The van der Waals surface area contributed by atoms with Crippen LogP contribution in [0.1, 0.15) is 60.8 Å². The summed E-state index contributed by atoms with van der Waals surface area (Å²) in [6, 6.07) is 0. The van der Waals surface area contributed by atoms with Crippen molar-refractivity contribution in [2.24, 2.45) is 23.7 Å². The van der Waals surface area contributed by atoms with Gasteiger partial charge in [0, 0.05) is 0 Å². The normalized spacial score (nSPS) is 15.9. The van der Waals surface area contributed by atoms with Gasteiger partial charge in [-0.3, -0.25) is 5.32 Å². The summed E-state index contributed by atoms with van der Waals surface area (Å²) in [5.41, 5.74) is 0. The molecule has 0 rings (SSSR count). The number of hydrogen-bond donors (Lipinski definition) is 1. The standard InChI is InChI=1S/C15H31NO.BrH/c1-7-10-16-15(17)14(6)13(5)12(4)9-8-11(2)3;/h11-14H,7-10H2,1-6H3,(H,16,17);1H. The number of carbonyl (C=O) groups excluding carboxylic acids is 1. The third-order valence-electron chi connectivity index (χ3n) is 3.97. The Hall–Kier alpha value is 0.110. The Morgan fingerprint density at radius 3 is 2.06 bits per heavy atom. The zero-order valence-electron chi connectivity index (χ0n) is 13.0. The van der Waals surface area contributed by atoms with Crippen molar-refractivity contribution in [2.45, 2.75) is 60.8 Å². The van der Waals surface area contributed by atoms with E-state index in [1.165, 1.54) is 12.8 Å². The van der Waals surface area contributed by atoms with Gasteiger partial charge in [-0.05, 0) is 31.1 Å². The first-order valence-corrected chi connectivity index (χ1v) is 7.27. The molecule has 2 nitrogen and oxygen atoms in total. The largest absolute Gasteiger partial charge is 1.00 e. The SMILES string of the molecule is CCC[NH2+]C(=O)C(C)C(C)C(C)CCC(C)C.[Br-]. The number of quaternary nitrogens is 1. The highest BCUT2D eigenvalue weighted by Gasteiger charge is 2.27. The molecule has 0 fully saturated rings. The van der Waals surface area contributed by atoms with Crippen LogP contribution in [0.25, 0.3) is 0 Å². The lowest BCUT2D eigenvalue weighted by Crippen LogP contribution is -3.00. The van der Waals surface area contributed by atoms with Crippen molar-refractivity contribution >= 4 is 5.91 Å². The molecular formula is C15H32BrNO. The number of halogens is 1. The fourth-order valence-electron chi connectivity index (χ4n) is 2.08. The first kappa shape index (κ1) is 20.4. The van der Waals surface area contributed by atoms with E-state index < -0.39 is 0 Å². The quantitative estimate of drug-likeness (QED) is 0.662. The van der Waals surface area contributed by atoms with Crippen LogP contribution in [0.2, 0.25) is 0 Å². The van der Waals surface area contributed by atoms with E-state index in [2.05, 4.69) is 41.5 Å². The van der Waals surface area contributed by atoms with Crippen LogP contribution < -0.4 is 22.3 Å². The molecule has 3 heteroatoms. The van der Waals surface area contributed by atoms with Gasteiger partial charge in [-0.15, -0.1) is 0 Å². The van der Waals surface area contributed by atoms with Crippen LogP contribution in [0.5, 0.6) is 0 Å². The van der Waals surface area contributed by atoms with E-state index in [0.717, 1.165) is 18.9 Å². The molecule has 2 N–H and O–H groups in total. The Labute approximate surface area is 124 Å². The third-order valence-corrected chi connectivity index (χ3v) is 3.97. The second-order valence-electron chi connectivity index (χ2n) is 5.99. The molecule has 0 aliphatic carbocycles. The highest BCUT2D eigenvalue weighted by atomic mass is 79.9. The molecule has 0 aromatic heterocycles. The molecule has 110 valence electrons. The van der Waals surface area contributed by atoms with E-state index in [1.54, 1.807) is 0 Å². The van der Waals surface area contributed by atoms with Gasteiger partial charge in [0.15, 0.2) is 0 Å². The van der Waals surface area contributed by atoms with Gasteiger partial charge < -0.3 is 17.0 Å². The van der Waals surface area contributed by atoms with Crippen molar-refractivity contribution in [3.05, 3.63) is 0 Å². The van der Waals surface area contributed by atoms with Gasteiger partial charge >= 0.3 is 5.91 Å². The summed E-state index contributed by atoms with van der Waals surface area (Å²) in [5.74, 6) is 2.43. The van der Waals surface area contributed by atoms with Crippen LogP contribution in [-0.2, 0) is 4.79 Å². The number of nitrogens with two attached hydrogens (primary N) is 1. The van der Waals surface area contributed by atoms with Crippen LogP contribution in [0.15, 0.2) is 0 Å². The fourth-order valence-corrected chi connectivity index (χ4v) is 2.08. The van der Waals surface area contributed by atoms with Crippen molar-refractivity contribution in [3.8, 4) is 0 Å². The number of hydrogen-bond acceptors (Lipinski definition) is 1. The zero-order valence-corrected chi connectivity index (χ0v) is 14.6. The Kier molecular flexibility index (Phi) is 12.5. The topological polar surface area (TPSA) is 33.7 Å². The second kappa shape index (κ2) is 11.0. The van der Waals surface area contributed by atoms with Crippen molar-refractivity contribution in [1.82, 2.24) is 0 Å². The minimum absolute atomic E-state index is 0. The van der Waals surface area contributed by atoms with Gasteiger partial charge in [0.05, 0.1) is 12.5 Å². The first-order chi connectivity index (χ1) is 7.90. The van der Waals surface area contributed by atoms with Crippen LogP contribution in [0, 0.1) is 23.7 Å². The summed E-state index contributed by atoms with van der Waals surface area (Å²) in [6.45, 7) is 14.2. The lowest BCUT2D eigenvalue weighted by atomic mass is 9.81. The van der Waals surface area contributed by atoms with E-state index in [0.29, 0.717) is 17.7 Å². The van der Waals surface area contributed by atoms with Crippen molar-refractivity contribution < 1.29 is 27.1 Å². The van der Waals surface area contributed by atoms with Crippen molar-refractivity contribution in [3.63, 3.8) is 0 Å². The highest BCUT2D eigenvalue weighted by molar-refractivity contribution is 5.68. The molecule has 3 atom stereocenters. The fraction of sp³-hybridized carbons (Fsp3) is 0.933. The molecule has 0 saturated heterocycles. The van der Waals surface area contributed by atoms with Crippen LogP contribution in [0.4, 0.5) is 0 Å². The molecule has 0 heterocycles. The first-order valence-electron chi connectivity index (χ1n) is 7.27. The summed E-state index contributed by atoms with van der Waals surface area (Å²) in [6.07, 6.45) is 3.57. The van der Waals surface area contributed by atoms with Crippen molar-refractivity contribution in [2.75, 3.05) is 6.54 Å². The molecule has 0 aliphatic rings. The monoisotopic (exact) mass is 321 g/mol. The summed E-state index contributed by atoms with van der Waals surface area (Å²) in [5, 5.41) is 1.89. The van der Waals surface area contributed by atoms with Gasteiger partial charge in [-0.25, -0.2) is 4.79 Å². The minimum atomic E-state index is 0.